The van der Waals surface area contributed by atoms with E-state index in [4.69, 9.17) is 0 Å². The van der Waals surface area contributed by atoms with Gasteiger partial charge in [0.25, 0.3) is 5.91 Å². The summed E-state index contributed by atoms with van der Waals surface area (Å²) < 4.78 is 0. The topological polar surface area (TPSA) is 94.3 Å². The number of fused-ring (bicyclic) bond motifs is 7. The third-order valence-electron chi connectivity index (χ3n) is 7.04. The highest BCUT2D eigenvalue weighted by Gasteiger charge is 2.49. The molecule has 182 valence electrons. The minimum atomic E-state index is -0.708. The first-order chi connectivity index (χ1) is 16.9. The van der Waals surface area contributed by atoms with Gasteiger partial charge in [-0.3, -0.25) is 14.4 Å². The minimum absolute atomic E-state index is 0.147. The Hall–Kier alpha value is -3.61. The molecule has 3 N–H and O–H groups in total. The molecule has 0 saturated carbocycles. The van der Waals surface area contributed by atoms with Gasteiger partial charge in [0.1, 0.15) is 12.1 Å². The van der Waals surface area contributed by atoms with Crippen LogP contribution in [-0.2, 0) is 16.0 Å². The van der Waals surface area contributed by atoms with Gasteiger partial charge in [-0.05, 0) is 42.0 Å². The molecule has 5 rings (SSSR count). The van der Waals surface area contributed by atoms with Crippen LogP contribution in [0.3, 0.4) is 0 Å². The van der Waals surface area contributed by atoms with Crippen molar-refractivity contribution in [2.24, 2.45) is 5.92 Å². The second kappa shape index (κ2) is 9.21. The number of benzene rings is 2. The van der Waals surface area contributed by atoms with Crippen LogP contribution in [0.2, 0.25) is 0 Å². The van der Waals surface area contributed by atoms with Crippen molar-refractivity contribution in [3.8, 4) is 0 Å². The third-order valence-corrected chi connectivity index (χ3v) is 7.04. The van der Waals surface area contributed by atoms with Crippen molar-refractivity contribution in [2.75, 3.05) is 6.54 Å². The number of hydrogen-bond acceptors (Lipinski definition) is 3. The van der Waals surface area contributed by atoms with E-state index in [1.807, 2.05) is 63.2 Å². The standard InChI is InChI=1S/C28H32N4O3/c1-4-13-29-26(33)22(14-16(2)3)31-27(34)23-15-20-17-9-7-8-12-21(17)30-24(20)25-18-10-5-6-11-19(18)28(35)32(23)25/h5-12,16,22-23,25,30H,4,13-15H2,1-3H3,(H,29,33)(H,31,34)/t22-,23-,25+/m0/s1. The van der Waals surface area contributed by atoms with Gasteiger partial charge in [0, 0.05) is 35.1 Å². The van der Waals surface area contributed by atoms with E-state index in [0.29, 0.717) is 24.9 Å². The number of rotatable bonds is 7. The van der Waals surface area contributed by atoms with Gasteiger partial charge < -0.3 is 20.5 Å². The Morgan fingerprint density at radius 3 is 2.63 bits per heavy atom. The predicted molar refractivity (Wildman–Crippen MR) is 135 cm³/mol. The number of nitrogens with zero attached hydrogens (tertiary/aromatic N) is 1. The number of nitrogens with one attached hydrogen (secondary N) is 3. The molecule has 35 heavy (non-hydrogen) atoms. The molecule has 3 heterocycles. The molecular weight excluding hydrogens is 440 g/mol. The number of para-hydroxylation sites is 1. The van der Waals surface area contributed by atoms with Crippen LogP contribution in [-0.4, -0.2) is 46.2 Å². The van der Waals surface area contributed by atoms with Gasteiger partial charge in [0.15, 0.2) is 0 Å². The normalized spacial score (nSPS) is 19.3. The molecule has 2 aromatic carbocycles. The zero-order valence-electron chi connectivity index (χ0n) is 20.4. The highest BCUT2D eigenvalue weighted by atomic mass is 16.2. The van der Waals surface area contributed by atoms with Crippen molar-refractivity contribution in [1.82, 2.24) is 20.5 Å². The van der Waals surface area contributed by atoms with Crippen molar-refractivity contribution < 1.29 is 14.4 Å². The van der Waals surface area contributed by atoms with E-state index in [1.54, 1.807) is 4.90 Å². The second-order valence-electron chi connectivity index (χ2n) is 9.97. The lowest BCUT2D eigenvalue weighted by Gasteiger charge is -2.37. The molecule has 3 amide bonds. The summed E-state index contributed by atoms with van der Waals surface area (Å²) in [5, 5.41) is 6.98. The largest absolute Gasteiger partial charge is 0.356 e. The summed E-state index contributed by atoms with van der Waals surface area (Å²) in [5.74, 6) is -0.384. The molecule has 1 aromatic heterocycles. The number of amides is 3. The Kier molecular flexibility index (Phi) is 6.09. The maximum Gasteiger partial charge on any atom is 0.255 e. The van der Waals surface area contributed by atoms with E-state index in [2.05, 4.69) is 21.7 Å². The van der Waals surface area contributed by atoms with E-state index in [0.717, 1.165) is 34.1 Å². The van der Waals surface area contributed by atoms with Gasteiger partial charge in [-0.15, -0.1) is 0 Å². The first kappa shape index (κ1) is 23.1. The van der Waals surface area contributed by atoms with Crippen LogP contribution in [0.1, 0.15) is 66.8 Å². The van der Waals surface area contributed by atoms with Crippen LogP contribution in [0.25, 0.3) is 10.9 Å². The molecule has 2 aliphatic rings. The molecule has 0 unspecified atom stereocenters. The van der Waals surface area contributed by atoms with Crippen LogP contribution in [0, 0.1) is 5.92 Å². The van der Waals surface area contributed by atoms with Gasteiger partial charge in [0.05, 0.1) is 6.04 Å². The zero-order valence-corrected chi connectivity index (χ0v) is 20.4. The SMILES string of the molecule is CCCNC(=O)[C@H](CC(C)C)NC(=O)[C@@H]1Cc2c([nH]c3ccccc23)[C@H]2c3ccccc3C(=O)N21. The number of carbonyl (C=O) groups excluding carboxylic acids is 3. The summed E-state index contributed by atoms with van der Waals surface area (Å²) in [5.41, 5.74) is 4.55. The van der Waals surface area contributed by atoms with Crippen molar-refractivity contribution in [3.05, 3.63) is 70.9 Å². The molecular formula is C28H32N4O3. The van der Waals surface area contributed by atoms with E-state index >= 15 is 0 Å². The van der Waals surface area contributed by atoms with E-state index in [-0.39, 0.29) is 29.7 Å². The van der Waals surface area contributed by atoms with Gasteiger partial charge >= 0.3 is 0 Å². The number of hydrogen-bond donors (Lipinski definition) is 3. The first-order valence-electron chi connectivity index (χ1n) is 12.5. The van der Waals surface area contributed by atoms with E-state index < -0.39 is 12.1 Å². The van der Waals surface area contributed by atoms with Crippen molar-refractivity contribution in [1.29, 1.82) is 0 Å². The number of aromatic amines is 1. The van der Waals surface area contributed by atoms with Crippen LogP contribution in [0.5, 0.6) is 0 Å². The molecule has 0 bridgehead atoms. The van der Waals surface area contributed by atoms with Gasteiger partial charge in [-0.25, -0.2) is 0 Å². The lowest BCUT2D eigenvalue weighted by Crippen LogP contribution is -2.56. The van der Waals surface area contributed by atoms with Crippen LogP contribution in [0.15, 0.2) is 48.5 Å². The highest BCUT2D eigenvalue weighted by molar-refractivity contribution is 6.04. The Bertz CT molecular complexity index is 1290. The summed E-state index contributed by atoms with van der Waals surface area (Å²) >= 11 is 0. The molecule has 0 aliphatic carbocycles. The monoisotopic (exact) mass is 472 g/mol. The molecule has 3 atom stereocenters. The second-order valence-corrected chi connectivity index (χ2v) is 9.97. The molecule has 0 fully saturated rings. The third kappa shape index (κ3) is 3.99. The maximum absolute atomic E-state index is 13.8. The Balaban J connectivity index is 1.53. The summed E-state index contributed by atoms with van der Waals surface area (Å²) in [4.78, 5) is 45.4. The fourth-order valence-corrected chi connectivity index (χ4v) is 5.48. The number of carbonyl (C=O) groups is 3. The molecule has 0 radical (unpaired) electrons. The summed E-state index contributed by atoms with van der Waals surface area (Å²) in [7, 11) is 0. The van der Waals surface area contributed by atoms with E-state index in [9.17, 15) is 14.4 Å². The van der Waals surface area contributed by atoms with Gasteiger partial charge in [0.2, 0.25) is 11.8 Å². The van der Waals surface area contributed by atoms with Crippen molar-refractivity contribution in [2.45, 2.75) is 58.2 Å². The minimum Gasteiger partial charge on any atom is -0.356 e. The molecule has 7 nitrogen and oxygen atoms in total. The van der Waals surface area contributed by atoms with Crippen LogP contribution >= 0.6 is 0 Å². The quantitative estimate of drug-likeness (QED) is 0.489. The first-order valence-corrected chi connectivity index (χ1v) is 12.5. The van der Waals surface area contributed by atoms with Gasteiger partial charge in [-0.2, -0.15) is 0 Å². The Morgan fingerprint density at radius 1 is 1.11 bits per heavy atom. The zero-order chi connectivity index (χ0) is 24.7. The van der Waals surface area contributed by atoms with Gasteiger partial charge in [-0.1, -0.05) is 57.2 Å². The number of aromatic nitrogens is 1. The summed E-state index contributed by atoms with van der Waals surface area (Å²) in [6.45, 7) is 6.62. The van der Waals surface area contributed by atoms with E-state index in [1.165, 1.54) is 0 Å². The van der Waals surface area contributed by atoms with Crippen LogP contribution in [0.4, 0.5) is 0 Å². The number of H-pyrrole nitrogens is 1. The summed E-state index contributed by atoms with van der Waals surface area (Å²) in [6, 6.07) is 13.9. The summed E-state index contributed by atoms with van der Waals surface area (Å²) in [6.07, 6.45) is 1.75. The fraction of sp³-hybridized carbons (Fsp3) is 0.393. The fourth-order valence-electron chi connectivity index (χ4n) is 5.48. The molecule has 2 aliphatic heterocycles. The Labute approximate surface area is 205 Å². The molecule has 7 heteroatoms. The average molecular weight is 473 g/mol. The average Bonchev–Trinajstić information content (AvgIpc) is 3.37. The molecule has 0 spiro atoms. The molecule has 3 aromatic rings. The Morgan fingerprint density at radius 2 is 1.86 bits per heavy atom. The lowest BCUT2D eigenvalue weighted by molar-refractivity contribution is -0.132. The van der Waals surface area contributed by atoms with Crippen molar-refractivity contribution >= 4 is 28.6 Å². The highest BCUT2D eigenvalue weighted by Crippen LogP contribution is 2.46. The lowest BCUT2D eigenvalue weighted by atomic mass is 9.89. The predicted octanol–water partition coefficient (Wildman–Crippen LogP) is 3.69. The van der Waals surface area contributed by atoms with Crippen molar-refractivity contribution in [3.63, 3.8) is 0 Å². The van der Waals surface area contributed by atoms with Crippen LogP contribution < -0.4 is 10.6 Å². The smallest absolute Gasteiger partial charge is 0.255 e. The maximum atomic E-state index is 13.8. The molecule has 0 saturated heterocycles.